The van der Waals surface area contributed by atoms with E-state index in [4.69, 9.17) is 32.7 Å². The highest BCUT2D eigenvalue weighted by atomic mass is 35.5. The fourth-order valence-electron chi connectivity index (χ4n) is 2.84. The number of methoxy groups -OCH3 is 1. The maximum atomic E-state index is 12.3. The molecule has 0 unspecified atom stereocenters. The van der Waals surface area contributed by atoms with Gasteiger partial charge in [-0.3, -0.25) is 4.79 Å². The summed E-state index contributed by atoms with van der Waals surface area (Å²) in [6.07, 6.45) is 0. The molecule has 1 amide bonds. The van der Waals surface area contributed by atoms with Crippen molar-refractivity contribution < 1.29 is 14.3 Å². The summed E-state index contributed by atoms with van der Waals surface area (Å²) >= 11 is 13.2. The zero-order chi connectivity index (χ0) is 22.4. The minimum atomic E-state index is -0.198. The van der Waals surface area contributed by atoms with E-state index >= 15 is 0 Å². The van der Waals surface area contributed by atoms with Crippen molar-refractivity contribution in [2.24, 2.45) is 0 Å². The van der Waals surface area contributed by atoms with E-state index in [1.807, 2.05) is 36.6 Å². The first-order valence-corrected chi connectivity index (χ1v) is 11.2. The summed E-state index contributed by atoms with van der Waals surface area (Å²) in [5.41, 5.74) is 1.62. The lowest BCUT2D eigenvalue weighted by molar-refractivity contribution is -0.113. The highest BCUT2D eigenvalue weighted by molar-refractivity contribution is 7.99. The van der Waals surface area contributed by atoms with Crippen LogP contribution in [0.1, 0.15) is 18.3 Å². The lowest BCUT2D eigenvalue weighted by atomic mass is 10.2. The number of anilines is 1. The molecule has 3 rings (SSSR count). The van der Waals surface area contributed by atoms with Gasteiger partial charge in [-0.25, -0.2) is 0 Å². The molecule has 31 heavy (non-hydrogen) atoms. The normalized spacial score (nSPS) is 10.7. The third-order valence-electron chi connectivity index (χ3n) is 4.26. The molecule has 0 radical (unpaired) electrons. The highest BCUT2D eigenvalue weighted by Gasteiger charge is 2.15. The molecule has 0 fully saturated rings. The van der Waals surface area contributed by atoms with Gasteiger partial charge in [0.25, 0.3) is 0 Å². The van der Waals surface area contributed by atoms with Crippen LogP contribution >= 0.6 is 35.0 Å². The van der Waals surface area contributed by atoms with E-state index in [1.54, 1.807) is 25.3 Å². The molecule has 0 atom stereocenters. The van der Waals surface area contributed by atoms with Crippen molar-refractivity contribution in [3.63, 3.8) is 0 Å². The van der Waals surface area contributed by atoms with E-state index in [0.717, 1.165) is 5.56 Å². The zero-order valence-corrected chi connectivity index (χ0v) is 19.6. The van der Waals surface area contributed by atoms with E-state index in [1.165, 1.54) is 11.8 Å². The number of rotatable bonds is 9. The molecule has 1 N–H and O–H groups in total. The summed E-state index contributed by atoms with van der Waals surface area (Å²) < 4.78 is 13.2. The first kappa shape index (κ1) is 23.2. The second-order valence-corrected chi connectivity index (χ2v) is 8.40. The molecule has 2 aromatic carbocycles. The van der Waals surface area contributed by atoms with Gasteiger partial charge in [-0.05, 0) is 49.7 Å². The van der Waals surface area contributed by atoms with Crippen LogP contribution in [0.3, 0.4) is 0 Å². The molecule has 0 saturated carbocycles. The van der Waals surface area contributed by atoms with E-state index in [-0.39, 0.29) is 18.3 Å². The Morgan fingerprint density at radius 2 is 1.87 bits per heavy atom. The first-order valence-electron chi connectivity index (χ1n) is 9.48. The number of halogens is 2. The van der Waals surface area contributed by atoms with Crippen LogP contribution in [0, 0.1) is 6.92 Å². The van der Waals surface area contributed by atoms with Crippen LogP contribution in [-0.4, -0.2) is 33.5 Å². The Bertz CT molecular complexity index is 1050. The molecule has 0 bridgehead atoms. The van der Waals surface area contributed by atoms with Crippen molar-refractivity contribution in [1.82, 2.24) is 14.8 Å². The third kappa shape index (κ3) is 6.29. The third-order valence-corrected chi connectivity index (χ3v) is 5.67. The summed E-state index contributed by atoms with van der Waals surface area (Å²) in [5, 5.41) is 12.7. The van der Waals surface area contributed by atoms with Crippen LogP contribution in [0.4, 0.5) is 5.69 Å². The van der Waals surface area contributed by atoms with Crippen LogP contribution in [-0.2, 0) is 17.9 Å². The van der Waals surface area contributed by atoms with Gasteiger partial charge in [0.15, 0.2) is 22.5 Å². The first-order chi connectivity index (χ1) is 14.9. The molecular weight excluding hydrogens is 459 g/mol. The molecule has 1 aromatic heterocycles. The lowest BCUT2D eigenvalue weighted by Crippen LogP contribution is -2.15. The minimum Gasteiger partial charge on any atom is -0.493 e. The smallest absolute Gasteiger partial charge is 0.234 e. The number of hydrogen-bond donors (Lipinski definition) is 1. The number of aromatic nitrogens is 3. The van der Waals surface area contributed by atoms with Gasteiger partial charge < -0.3 is 19.4 Å². The van der Waals surface area contributed by atoms with Crippen LogP contribution in [0.5, 0.6) is 11.5 Å². The van der Waals surface area contributed by atoms with Gasteiger partial charge in [0.05, 0.1) is 12.9 Å². The molecule has 10 heteroatoms. The summed E-state index contributed by atoms with van der Waals surface area (Å²) in [6, 6.07) is 10.6. The van der Waals surface area contributed by atoms with Gasteiger partial charge in [0, 0.05) is 22.3 Å². The summed E-state index contributed by atoms with van der Waals surface area (Å²) in [5.74, 6) is 1.92. The van der Waals surface area contributed by atoms with Crippen molar-refractivity contribution in [2.75, 3.05) is 18.2 Å². The van der Waals surface area contributed by atoms with Gasteiger partial charge in [-0.1, -0.05) is 41.0 Å². The number of ether oxygens (including phenoxy) is 2. The second kappa shape index (κ2) is 10.7. The Hall–Kier alpha value is -2.42. The van der Waals surface area contributed by atoms with Crippen molar-refractivity contribution in [1.29, 1.82) is 0 Å². The Morgan fingerprint density at radius 1 is 1.13 bits per heavy atom. The van der Waals surface area contributed by atoms with Gasteiger partial charge in [-0.15, -0.1) is 10.2 Å². The van der Waals surface area contributed by atoms with Crippen molar-refractivity contribution in [3.8, 4) is 11.5 Å². The monoisotopic (exact) mass is 480 g/mol. The standard InChI is InChI=1S/C21H22Cl2N4O3S/c1-4-27-19(11-30-17-6-5-13(2)7-18(17)29-3)25-26-21(27)31-12-20(28)24-16-9-14(22)8-15(23)10-16/h5-10H,4,11-12H2,1-3H3,(H,24,28). The molecule has 0 aliphatic rings. The van der Waals surface area contributed by atoms with Crippen molar-refractivity contribution in [3.05, 3.63) is 57.8 Å². The number of nitrogens with one attached hydrogen (secondary N) is 1. The number of benzene rings is 2. The summed E-state index contributed by atoms with van der Waals surface area (Å²) in [6.45, 7) is 4.84. The molecular formula is C21H22Cl2N4O3S. The number of nitrogens with zero attached hydrogens (tertiary/aromatic N) is 3. The number of amides is 1. The number of aryl methyl sites for hydroxylation is 1. The number of hydrogen-bond acceptors (Lipinski definition) is 6. The minimum absolute atomic E-state index is 0.162. The Morgan fingerprint density at radius 3 is 2.55 bits per heavy atom. The van der Waals surface area contributed by atoms with Gasteiger partial charge >= 0.3 is 0 Å². The zero-order valence-electron chi connectivity index (χ0n) is 17.3. The van der Waals surface area contributed by atoms with E-state index in [0.29, 0.717) is 44.8 Å². The number of carbonyl (C=O) groups is 1. The fourth-order valence-corrected chi connectivity index (χ4v) is 4.19. The fraction of sp³-hybridized carbons (Fsp3) is 0.286. The Balaban J connectivity index is 1.61. The largest absolute Gasteiger partial charge is 0.493 e. The predicted molar refractivity (Wildman–Crippen MR) is 124 cm³/mol. The molecule has 0 saturated heterocycles. The second-order valence-electron chi connectivity index (χ2n) is 6.58. The average Bonchev–Trinajstić information content (AvgIpc) is 3.12. The van der Waals surface area contributed by atoms with Crippen molar-refractivity contribution >= 4 is 46.6 Å². The van der Waals surface area contributed by atoms with Gasteiger partial charge in [0.1, 0.15) is 6.61 Å². The van der Waals surface area contributed by atoms with Gasteiger partial charge in [0.2, 0.25) is 5.91 Å². The SMILES string of the molecule is CCn1c(COc2ccc(C)cc2OC)nnc1SCC(=O)Nc1cc(Cl)cc(Cl)c1. The molecule has 3 aromatic rings. The number of thioether (sulfide) groups is 1. The maximum Gasteiger partial charge on any atom is 0.234 e. The number of carbonyl (C=O) groups excluding carboxylic acids is 1. The molecule has 7 nitrogen and oxygen atoms in total. The molecule has 164 valence electrons. The van der Waals surface area contributed by atoms with E-state index < -0.39 is 0 Å². The molecule has 0 spiro atoms. The summed E-state index contributed by atoms with van der Waals surface area (Å²) in [7, 11) is 1.60. The average molecular weight is 481 g/mol. The van der Waals surface area contributed by atoms with E-state index in [2.05, 4.69) is 15.5 Å². The Labute approximate surface area is 195 Å². The van der Waals surface area contributed by atoms with Gasteiger partial charge in [-0.2, -0.15) is 0 Å². The quantitative estimate of drug-likeness (QED) is 0.422. The Kier molecular flexibility index (Phi) is 8.06. The van der Waals surface area contributed by atoms with Crippen LogP contribution < -0.4 is 14.8 Å². The lowest BCUT2D eigenvalue weighted by Gasteiger charge is -2.12. The maximum absolute atomic E-state index is 12.3. The van der Waals surface area contributed by atoms with Crippen LogP contribution in [0.25, 0.3) is 0 Å². The van der Waals surface area contributed by atoms with Crippen molar-refractivity contribution in [2.45, 2.75) is 32.2 Å². The van der Waals surface area contributed by atoms with E-state index in [9.17, 15) is 4.79 Å². The molecule has 0 aliphatic heterocycles. The topological polar surface area (TPSA) is 78.3 Å². The van der Waals surface area contributed by atoms with Crippen LogP contribution in [0.15, 0.2) is 41.6 Å². The van der Waals surface area contributed by atoms with Crippen LogP contribution in [0.2, 0.25) is 10.0 Å². The molecule has 0 aliphatic carbocycles. The molecule has 1 heterocycles. The summed E-state index contributed by atoms with van der Waals surface area (Å²) in [4.78, 5) is 12.3. The predicted octanol–water partition coefficient (Wildman–Crippen LogP) is 5.23. The highest BCUT2D eigenvalue weighted by Crippen LogP contribution is 2.29.